The number of benzene rings is 2. The molecular formula is C23H28N4O3S2. The smallest absolute Gasteiger partial charge is 0.237 e. The summed E-state index contributed by atoms with van der Waals surface area (Å²) in [6.45, 7) is 6.11. The predicted molar refractivity (Wildman–Crippen MR) is 132 cm³/mol. The molecule has 0 aliphatic rings. The van der Waals surface area contributed by atoms with Crippen molar-refractivity contribution in [1.29, 1.82) is 0 Å². The molecule has 1 heterocycles. The van der Waals surface area contributed by atoms with Crippen LogP contribution in [0.1, 0.15) is 31.9 Å². The molecule has 1 amide bonds. The fraction of sp³-hybridized carbons (Fsp3) is 0.348. The minimum Gasteiger partial charge on any atom is -0.497 e. The number of hydrogen-bond acceptors (Lipinski definition) is 8. The Balaban J connectivity index is 1.68. The Morgan fingerprint density at radius 3 is 2.44 bits per heavy atom. The molecule has 0 spiro atoms. The summed E-state index contributed by atoms with van der Waals surface area (Å²) in [6, 6.07) is 11.6. The third-order valence-corrected chi connectivity index (χ3v) is 6.97. The van der Waals surface area contributed by atoms with E-state index in [9.17, 15) is 4.79 Å². The molecule has 1 unspecified atom stereocenters. The number of methoxy groups -OCH3 is 2. The Hall–Kier alpha value is -2.78. The van der Waals surface area contributed by atoms with Crippen LogP contribution >= 0.6 is 23.1 Å². The lowest BCUT2D eigenvalue weighted by molar-refractivity contribution is -0.115. The van der Waals surface area contributed by atoms with Gasteiger partial charge in [0.1, 0.15) is 11.5 Å². The van der Waals surface area contributed by atoms with E-state index < -0.39 is 0 Å². The van der Waals surface area contributed by atoms with E-state index in [1.54, 1.807) is 32.4 Å². The van der Waals surface area contributed by atoms with Gasteiger partial charge in [-0.1, -0.05) is 55.1 Å². The van der Waals surface area contributed by atoms with E-state index in [4.69, 9.17) is 9.47 Å². The van der Waals surface area contributed by atoms with Crippen molar-refractivity contribution in [2.24, 2.45) is 0 Å². The molecule has 0 aliphatic heterocycles. The van der Waals surface area contributed by atoms with Gasteiger partial charge in [-0.25, -0.2) is 0 Å². The highest BCUT2D eigenvalue weighted by Crippen LogP contribution is 2.34. The second kappa shape index (κ2) is 11.2. The standard InChI is InChI=1S/C23H28N4O3S2/c1-6-15-9-8-10-16(7-2)20(15)25-22-26-27-23(32-22)31-14(3)21(28)24-18-13-17(29-4)11-12-19(18)30-5/h8-14H,6-7H2,1-5H3,(H,24,28)(H,25,26). The molecule has 3 aromatic rings. The van der Waals surface area contributed by atoms with Crippen molar-refractivity contribution in [3.8, 4) is 11.5 Å². The van der Waals surface area contributed by atoms with Crippen LogP contribution in [-0.4, -0.2) is 35.6 Å². The van der Waals surface area contributed by atoms with E-state index in [0.29, 0.717) is 22.3 Å². The summed E-state index contributed by atoms with van der Waals surface area (Å²) in [6.07, 6.45) is 1.86. The van der Waals surface area contributed by atoms with Gasteiger partial charge in [0.15, 0.2) is 4.34 Å². The first-order valence-corrected chi connectivity index (χ1v) is 12.1. The number of carbonyl (C=O) groups is 1. The average molecular weight is 473 g/mol. The minimum atomic E-state index is -0.374. The molecule has 0 saturated heterocycles. The lowest BCUT2D eigenvalue weighted by atomic mass is 10.0. The third-order valence-electron chi connectivity index (χ3n) is 4.95. The summed E-state index contributed by atoms with van der Waals surface area (Å²) in [5, 5.41) is 15.2. The number of nitrogens with one attached hydrogen (secondary N) is 2. The molecule has 9 heteroatoms. The highest BCUT2D eigenvalue weighted by atomic mass is 32.2. The molecule has 2 aromatic carbocycles. The highest BCUT2D eigenvalue weighted by molar-refractivity contribution is 8.02. The van der Waals surface area contributed by atoms with Crippen LogP contribution in [-0.2, 0) is 17.6 Å². The van der Waals surface area contributed by atoms with Crippen LogP contribution in [0.4, 0.5) is 16.5 Å². The van der Waals surface area contributed by atoms with E-state index in [0.717, 1.165) is 22.9 Å². The lowest BCUT2D eigenvalue weighted by Gasteiger charge is -2.14. The first-order valence-electron chi connectivity index (χ1n) is 10.4. The quantitative estimate of drug-likeness (QED) is 0.375. The topological polar surface area (TPSA) is 85.4 Å². The predicted octanol–water partition coefficient (Wildman–Crippen LogP) is 5.54. The van der Waals surface area contributed by atoms with Gasteiger partial charge in [-0.2, -0.15) is 0 Å². The van der Waals surface area contributed by atoms with Crippen molar-refractivity contribution in [2.75, 3.05) is 24.9 Å². The van der Waals surface area contributed by atoms with Crippen LogP contribution in [0.25, 0.3) is 0 Å². The van der Waals surface area contributed by atoms with Gasteiger partial charge in [0, 0.05) is 11.8 Å². The molecule has 0 aliphatic carbocycles. The van der Waals surface area contributed by atoms with Gasteiger partial charge in [-0.3, -0.25) is 4.79 Å². The molecule has 0 saturated carbocycles. The monoisotopic (exact) mass is 472 g/mol. The second-order valence-corrected chi connectivity index (χ2v) is 9.54. The Morgan fingerprint density at radius 2 is 1.81 bits per heavy atom. The van der Waals surface area contributed by atoms with E-state index in [-0.39, 0.29) is 11.2 Å². The zero-order valence-corrected chi connectivity index (χ0v) is 20.5. The molecule has 7 nitrogen and oxygen atoms in total. The fourth-order valence-corrected chi connectivity index (χ4v) is 5.07. The summed E-state index contributed by atoms with van der Waals surface area (Å²) in [5.74, 6) is 1.05. The second-order valence-electron chi connectivity index (χ2n) is 6.97. The van der Waals surface area contributed by atoms with Crippen LogP contribution in [0.15, 0.2) is 40.7 Å². The zero-order valence-electron chi connectivity index (χ0n) is 18.9. The molecular weight excluding hydrogens is 444 g/mol. The van der Waals surface area contributed by atoms with Gasteiger partial charge < -0.3 is 20.1 Å². The molecule has 1 atom stereocenters. The summed E-state index contributed by atoms with van der Waals surface area (Å²) >= 11 is 2.80. The number of nitrogens with zero attached hydrogens (tertiary/aromatic N) is 2. The van der Waals surface area contributed by atoms with Crippen LogP contribution < -0.4 is 20.1 Å². The van der Waals surface area contributed by atoms with Crippen LogP contribution in [0.5, 0.6) is 11.5 Å². The zero-order chi connectivity index (χ0) is 23.1. The number of carbonyl (C=O) groups excluding carboxylic acids is 1. The summed E-state index contributed by atoms with van der Waals surface area (Å²) in [5.41, 5.74) is 4.15. The molecule has 3 rings (SSSR count). The van der Waals surface area contributed by atoms with Gasteiger partial charge in [0.25, 0.3) is 0 Å². The Morgan fingerprint density at radius 1 is 1.09 bits per heavy atom. The molecule has 0 fully saturated rings. The first-order chi connectivity index (χ1) is 15.5. The van der Waals surface area contributed by atoms with Crippen molar-refractivity contribution < 1.29 is 14.3 Å². The molecule has 170 valence electrons. The number of rotatable bonds is 10. The number of para-hydroxylation sites is 1. The third kappa shape index (κ3) is 5.72. The minimum absolute atomic E-state index is 0.157. The average Bonchev–Trinajstić information content (AvgIpc) is 3.25. The number of amides is 1. The van der Waals surface area contributed by atoms with Gasteiger partial charge in [-0.05, 0) is 43.0 Å². The maximum absolute atomic E-state index is 12.8. The highest BCUT2D eigenvalue weighted by Gasteiger charge is 2.19. The van der Waals surface area contributed by atoms with E-state index in [1.807, 2.05) is 6.92 Å². The van der Waals surface area contributed by atoms with E-state index in [2.05, 4.69) is 52.9 Å². The van der Waals surface area contributed by atoms with Crippen molar-refractivity contribution >= 4 is 45.5 Å². The molecule has 0 radical (unpaired) electrons. The van der Waals surface area contributed by atoms with Crippen LogP contribution in [0.3, 0.4) is 0 Å². The number of hydrogen-bond donors (Lipinski definition) is 2. The first kappa shape index (κ1) is 23.9. The summed E-state index contributed by atoms with van der Waals surface area (Å²) in [4.78, 5) is 12.8. The maximum atomic E-state index is 12.8. The number of ether oxygens (including phenoxy) is 2. The number of thioether (sulfide) groups is 1. The van der Waals surface area contributed by atoms with Gasteiger partial charge in [0.05, 0.1) is 25.2 Å². The van der Waals surface area contributed by atoms with Crippen LogP contribution in [0, 0.1) is 0 Å². The Labute approximate surface area is 196 Å². The van der Waals surface area contributed by atoms with Crippen molar-refractivity contribution in [1.82, 2.24) is 10.2 Å². The summed E-state index contributed by atoms with van der Waals surface area (Å²) in [7, 11) is 3.14. The van der Waals surface area contributed by atoms with Crippen molar-refractivity contribution in [2.45, 2.75) is 43.2 Å². The fourth-order valence-electron chi connectivity index (χ4n) is 3.17. The number of aromatic nitrogens is 2. The molecule has 0 bridgehead atoms. The summed E-state index contributed by atoms with van der Waals surface area (Å²) < 4.78 is 11.3. The van der Waals surface area contributed by atoms with Gasteiger partial charge in [-0.15, -0.1) is 10.2 Å². The number of anilines is 3. The van der Waals surface area contributed by atoms with E-state index in [1.165, 1.54) is 34.2 Å². The van der Waals surface area contributed by atoms with E-state index >= 15 is 0 Å². The van der Waals surface area contributed by atoms with Gasteiger partial charge in [0.2, 0.25) is 11.0 Å². The molecule has 32 heavy (non-hydrogen) atoms. The van der Waals surface area contributed by atoms with Gasteiger partial charge >= 0.3 is 0 Å². The van der Waals surface area contributed by atoms with Crippen molar-refractivity contribution in [3.05, 3.63) is 47.5 Å². The largest absolute Gasteiger partial charge is 0.497 e. The Bertz CT molecular complexity index is 1050. The number of aryl methyl sites for hydroxylation is 2. The van der Waals surface area contributed by atoms with Crippen LogP contribution in [0.2, 0.25) is 0 Å². The SMILES string of the molecule is CCc1cccc(CC)c1Nc1nnc(SC(C)C(=O)Nc2cc(OC)ccc2OC)s1. The normalized spacial score (nSPS) is 11.7. The molecule has 2 N–H and O–H groups in total. The maximum Gasteiger partial charge on any atom is 0.237 e. The van der Waals surface area contributed by atoms with Crippen molar-refractivity contribution in [3.63, 3.8) is 0 Å². The Kier molecular flexibility index (Phi) is 8.35. The lowest BCUT2D eigenvalue weighted by Crippen LogP contribution is -2.22. The molecule has 1 aromatic heterocycles.